The number of hydrogen-bond donors (Lipinski definition) is 1. The maximum absolute atomic E-state index is 13.8. The largest absolute Gasteiger partial charge is 0.441 e. The van der Waals surface area contributed by atoms with E-state index in [2.05, 4.69) is 0 Å². The normalized spacial score (nSPS) is 29.8. The highest BCUT2D eigenvalue weighted by molar-refractivity contribution is 5.90. The van der Waals surface area contributed by atoms with Crippen LogP contribution in [-0.2, 0) is 4.74 Å². The lowest BCUT2D eigenvalue weighted by atomic mass is 9.79. The number of ether oxygens (including phenoxy) is 1. The number of para-hydroxylation sites is 1. The topological polar surface area (TPSA) is 49.8 Å². The highest BCUT2D eigenvalue weighted by atomic mass is 19.1. The molecule has 1 aromatic carbocycles. The fourth-order valence-corrected chi connectivity index (χ4v) is 3.13. The quantitative estimate of drug-likeness (QED) is 0.905. The fourth-order valence-electron chi connectivity index (χ4n) is 3.13. The summed E-state index contributed by atoms with van der Waals surface area (Å²) in [4.78, 5) is 13.4. The first-order valence-electron chi connectivity index (χ1n) is 6.99. The predicted octanol–water partition coefficient (Wildman–Crippen LogP) is 2.70. The molecule has 1 spiro atoms. The molecule has 1 aromatic rings. The Morgan fingerprint density at radius 2 is 2.05 bits per heavy atom. The lowest BCUT2D eigenvalue weighted by molar-refractivity contribution is 0.00558. The number of aliphatic hydroxyl groups is 1. The third-order valence-corrected chi connectivity index (χ3v) is 4.39. The van der Waals surface area contributed by atoms with E-state index in [1.165, 1.54) is 11.0 Å². The molecule has 0 radical (unpaired) electrons. The van der Waals surface area contributed by atoms with Crippen molar-refractivity contribution in [1.82, 2.24) is 0 Å². The molecule has 0 unspecified atom stereocenters. The van der Waals surface area contributed by atoms with Gasteiger partial charge in [0.1, 0.15) is 11.4 Å². The standard InChI is InChI=1S/C15H18FNO3/c16-12-3-1-2-4-13(12)17-10-15(20-14(17)19)7-5-11(9-18)6-8-15/h1-4,11,18H,5-10H2. The first kappa shape index (κ1) is 13.4. The van der Waals surface area contributed by atoms with Gasteiger partial charge in [0.15, 0.2) is 0 Å². The SMILES string of the molecule is O=C1OC2(CCC(CO)CC2)CN1c1ccccc1F. The van der Waals surface area contributed by atoms with Crippen LogP contribution in [0.25, 0.3) is 0 Å². The summed E-state index contributed by atoms with van der Waals surface area (Å²) in [6.45, 7) is 0.575. The minimum Gasteiger partial charge on any atom is -0.441 e. The van der Waals surface area contributed by atoms with Crippen LogP contribution in [-0.4, -0.2) is 30.0 Å². The Bertz CT molecular complexity index is 512. The van der Waals surface area contributed by atoms with Crippen molar-refractivity contribution >= 4 is 11.8 Å². The van der Waals surface area contributed by atoms with E-state index in [-0.39, 0.29) is 12.3 Å². The second-order valence-corrected chi connectivity index (χ2v) is 5.71. The Labute approximate surface area is 117 Å². The van der Waals surface area contributed by atoms with Gasteiger partial charge in [-0.1, -0.05) is 12.1 Å². The van der Waals surface area contributed by atoms with Gasteiger partial charge in [0.05, 0.1) is 12.2 Å². The minimum absolute atomic E-state index is 0.182. The molecule has 1 amide bonds. The number of carbonyl (C=O) groups is 1. The number of carbonyl (C=O) groups excluding carboxylic acids is 1. The molecule has 0 bridgehead atoms. The van der Waals surface area contributed by atoms with Gasteiger partial charge in [-0.25, -0.2) is 9.18 Å². The van der Waals surface area contributed by atoms with E-state index in [1.807, 2.05) is 0 Å². The van der Waals surface area contributed by atoms with E-state index in [4.69, 9.17) is 4.74 Å². The molecule has 1 N–H and O–H groups in total. The maximum atomic E-state index is 13.8. The van der Waals surface area contributed by atoms with Gasteiger partial charge in [-0.3, -0.25) is 4.90 Å². The summed E-state index contributed by atoms with van der Waals surface area (Å²) in [5.74, 6) is -0.118. The molecule has 1 saturated carbocycles. The second-order valence-electron chi connectivity index (χ2n) is 5.71. The van der Waals surface area contributed by atoms with E-state index < -0.39 is 17.5 Å². The van der Waals surface area contributed by atoms with Crippen LogP contribution in [0.5, 0.6) is 0 Å². The van der Waals surface area contributed by atoms with Gasteiger partial charge in [-0.05, 0) is 43.7 Å². The lowest BCUT2D eigenvalue weighted by Gasteiger charge is -2.34. The van der Waals surface area contributed by atoms with Crippen molar-refractivity contribution in [3.05, 3.63) is 30.1 Å². The molecule has 5 heteroatoms. The van der Waals surface area contributed by atoms with Crippen molar-refractivity contribution in [3.8, 4) is 0 Å². The van der Waals surface area contributed by atoms with Gasteiger partial charge >= 0.3 is 6.09 Å². The number of hydrogen-bond acceptors (Lipinski definition) is 3. The monoisotopic (exact) mass is 279 g/mol. The summed E-state index contributed by atoms with van der Waals surface area (Å²) in [6.07, 6.45) is 2.67. The molecule has 2 aliphatic rings. The second kappa shape index (κ2) is 5.05. The number of anilines is 1. The summed E-state index contributed by atoms with van der Waals surface area (Å²) >= 11 is 0. The third kappa shape index (κ3) is 2.26. The van der Waals surface area contributed by atoms with Gasteiger partial charge in [0.2, 0.25) is 0 Å². The van der Waals surface area contributed by atoms with Crippen LogP contribution in [0.1, 0.15) is 25.7 Å². The molecule has 1 saturated heterocycles. The molecule has 3 rings (SSSR count). The first-order chi connectivity index (χ1) is 9.63. The number of amides is 1. The Morgan fingerprint density at radius 1 is 1.35 bits per heavy atom. The summed E-state index contributed by atoms with van der Waals surface area (Å²) in [7, 11) is 0. The molecular formula is C15H18FNO3. The molecular weight excluding hydrogens is 261 g/mol. The van der Waals surface area contributed by atoms with Crippen molar-refractivity contribution in [2.45, 2.75) is 31.3 Å². The van der Waals surface area contributed by atoms with Crippen LogP contribution >= 0.6 is 0 Å². The summed E-state index contributed by atoms with van der Waals surface area (Å²) in [5.41, 5.74) is -0.232. The molecule has 1 heterocycles. The van der Waals surface area contributed by atoms with E-state index >= 15 is 0 Å². The van der Waals surface area contributed by atoms with Crippen molar-refractivity contribution in [2.75, 3.05) is 18.1 Å². The van der Waals surface area contributed by atoms with Crippen molar-refractivity contribution < 1.29 is 19.0 Å². The highest BCUT2D eigenvalue weighted by Crippen LogP contribution is 2.40. The Morgan fingerprint density at radius 3 is 2.70 bits per heavy atom. The molecule has 4 nitrogen and oxygen atoms in total. The molecule has 1 aliphatic heterocycles. The van der Waals surface area contributed by atoms with E-state index in [9.17, 15) is 14.3 Å². The summed E-state index contributed by atoms with van der Waals surface area (Å²) < 4.78 is 19.3. The Kier molecular flexibility index (Phi) is 3.38. The smallest absolute Gasteiger partial charge is 0.415 e. The average Bonchev–Trinajstić information content (AvgIpc) is 2.77. The predicted molar refractivity (Wildman–Crippen MR) is 72.0 cm³/mol. The zero-order valence-electron chi connectivity index (χ0n) is 11.2. The van der Waals surface area contributed by atoms with E-state index in [1.54, 1.807) is 18.2 Å². The van der Waals surface area contributed by atoms with E-state index in [0.29, 0.717) is 12.5 Å². The van der Waals surface area contributed by atoms with Gasteiger partial charge in [0.25, 0.3) is 0 Å². The minimum atomic E-state index is -0.509. The van der Waals surface area contributed by atoms with Gasteiger partial charge < -0.3 is 9.84 Å². The number of benzene rings is 1. The summed E-state index contributed by atoms with van der Waals surface area (Å²) in [5, 5.41) is 9.17. The van der Waals surface area contributed by atoms with Crippen LogP contribution in [0.4, 0.5) is 14.9 Å². The van der Waals surface area contributed by atoms with Crippen molar-refractivity contribution in [1.29, 1.82) is 0 Å². The van der Waals surface area contributed by atoms with Crippen LogP contribution < -0.4 is 4.90 Å². The fraction of sp³-hybridized carbons (Fsp3) is 0.533. The van der Waals surface area contributed by atoms with Crippen LogP contribution in [0.3, 0.4) is 0 Å². The molecule has 0 aromatic heterocycles. The number of nitrogens with zero attached hydrogens (tertiary/aromatic N) is 1. The molecule has 108 valence electrons. The van der Waals surface area contributed by atoms with Crippen LogP contribution in [0, 0.1) is 11.7 Å². The van der Waals surface area contributed by atoms with Crippen molar-refractivity contribution in [2.24, 2.45) is 5.92 Å². The number of halogens is 1. The van der Waals surface area contributed by atoms with Crippen LogP contribution in [0.15, 0.2) is 24.3 Å². The van der Waals surface area contributed by atoms with Gasteiger partial charge in [-0.2, -0.15) is 0 Å². The Balaban J connectivity index is 1.78. The zero-order chi connectivity index (χ0) is 14.2. The van der Waals surface area contributed by atoms with Gasteiger partial charge in [0, 0.05) is 6.61 Å². The highest BCUT2D eigenvalue weighted by Gasteiger charge is 2.47. The Hall–Kier alpha value is -1.62. The summed E-state index contributed by atoms with van der Waals surface area (Å²) in [6, 6.07) is 6.24. The lowest BCUT2D eigenvalue weighted by Crippen LogP contribution is -2.39. The van der Waals surface area contributed by atoms with Crippen molar-refractivity contribution in [3.63, 3.8) is 0 Å². The number of aliphatic hydroxyl groups excluding tert-OH is 1. The molecule has 20 heavy (non-hydrogen) atoms. The maximum Gasteiger partial charge on any atom is 0.415 e. The molecule has 1 aliphatic carbocycles. The number of rotatable bonds is 2. The zero-order valence-corrected chi connectivity index (χ0v) is 11.2. The van der Waals surface area contributed by atoms with Gasteiger partial charge in [-0.15, -0.1) is 0 Å². The van der Waals surface area contributed by atoms with Crippen LogP contribution in [0.2, 0.25) is 0 Å². The first-order valence-corrected chi connectivity index (χ1v) is 6.99. The molecule has 2 fully saturated rings. The third-order valence-electron chi connectivity index (χ3n) is 4.39. The average molecular weight is 279 g/mol. The van der Waals surface area contributed by atoms with E-state index in [0.717, 1.165) is 25.7 Å². The molecule has 0 atom stereocenters.